The highest BCUT2D eigenvalue weighted by Crippen LogP contribution is 2.36. The third-order valence-corrected chi connectivity index (χ3v) is 3.82. The van der Waals surface area contributed by atoms with E-state index in [9.17, 15) is 13.2 Å². The summed E-state index contributed by atoms with van der Waals surface area (Å²) in [6.07, 6.45) is -1.50. The molecule has 0 aliphatic carbocycles. The maximum absolute atomic E-state index is 13.2. The number of anilines is 2. The normalized spacial score (nSPS) is 11.4. The Morgan fingerprint density at radius 2 is 1.88 bits per heavy atom. The van der Waals surface area contributed by atoms with E-state index in [4.69, 9.17) is 4.74 Å². The van der Waals surface area contributed by atoms with Crippen LogP contribution in [0.15, 0.2) is 30.5 Å². The van der Waals surface area contributed by atoms with Crippen molar-refractivity contribution >= 4 is 11.6 Å². The molecule has 0 amide bonds. The maximum Gasteiger partial charge on any atom is 0.423 e. The molecule has 1 heterocycles. The molecule has 2 rings (SSSR count). The lowest BCUT2D eigenvalue weighted by Crippen LogP contribution is -2.18. The number of alkyl halides is 3. The Labute approximate surface area is 145 Å². The van der Waals surface area contributed by atoms with Gasteiger partial charge in [0.25, 0.3) is 0 Å². The molecule has 7 heteroatoms. The first-order chi connectivity index (χ1) is 11.9. The second-order valence-electron chi connectivity index (χ2n) is 5.63. The number of benzene rings is 1. The topological polar surface area (TPSA) is 38.2 Å². The molecular weight excluding hydrogens is 331 g/mol. The number of hydrogen-bond donors (Lipinski definition) is 0. The lowest BCUT2D eigenvalue weighted by Gasteiger charge is -2.21. The molecule has 136 valence electrons. The summed E-state index contributed by atoms with van der Waals surface area (Å²) in [5, 5.41) is 0. The maximum atomic E-state index is 13.2. The van der Waals surface area contributed by atoms with Crippen molar-refractivity contribution in [1.29, 1.82) is 0 Å². The average molecular weight is 353 g/mol. The Bertz CT molecular complexity index is 704. The number of aryl methyl sites for hydroxylation is 1. The Kier molecular flexibility index (Phi) is 6.22. The van der Waals surface area contributed by atoms with Gasteiger partial charge in [0.05, 0.1) is 6.61 Å². The van der Waals surface area contributed by atoms with Crippen molar-refractivity contribution in [3.63, 3.8) is 0 Å². The molecule has 1 aromatic carbocycles. The Morgan fingerprint density at radius 1 is 1.16 bits per heavy atom. The fraction of sp³-hybridized carbons (Fsp3) is 0.444. The molecule has 2 aromatic rings. The van der Waals surface area contributed by atoms with Crippen molar-refractivity contribution in [1.82, 2.24) is 9.97 Å². The van der Waals surface area contributed by atoms with Gasteiger partial charge in [-0.1, -0.05) is 38.5 Å². The van der Waals surface area contributed by atoms with Crippen molar-refractivity contribution in [2.24, 2.45) is 0 Å². The SMILES string of the molecule is CCCCOc1nc(N(C)c2ccccc2CC)ncc1C(F)(F)F. The number of rotatable bonds is 7. The van der Waals surface area contributed by atoms with E-state index in [1.54, 1.807) is 11.9 Å². The lowest BCUT2D eigenvalue weighted by molar-refractivity contribution is -0.139. The second kappa shape index (κ2) is 8.18. The van der Waals surface area contributed by atoms with Gasteiger partial charge in [-0.15, -0.1) is 0 Å². The fourth-order valence-electron chi connectivity index (χ4n) is 2.38. The van der Waals surface area contributed by atoms with Gasteiger partial charge < -0.3 is 9.64 Å². The largest absolute Gasteiger partial charge is 0.477 e. The third kappa shape index (κ3) is 4.61. The van der Waals surface area contributed by atoms with Crippen molar-refractivity contribution < 1.29 is 17.9 Å². The predicted molar refractivity (Wildman–Crippen MR) is 91.3 cm³/mol. The molecular formula is C18H22F3N3O. The molecule has 0 N–H and O–H groups in total. The number of ether oxygens (including phenoxy) is 1. The van der Waals surface area contributed by atoms with Crippen LogP contribution in [0.3, 0.4) is 0 Å². The van der Waals surface area contributed by atoms with Crippen LogP contribution < -0.4 is 9.64 Å². The summed E-state index contributed by atoms with van der Waals surface area (Å²) in [5.74, 6) is -0.257. The predicted octanol–water partition coefficient (Wildman–Crippen LogP) is 5.00. The highest BCUT2D eigenvalue weighted by Gasteiger charge is 2.36. The summed E-state index contributed by atoms with van der Waals surface area (Å²) >= 11 is 0. The molecule has 0 unspecified atom stereocenters. The minimum absolute atomic E-state index is 0.167. The number of para-hydroxylation sites is 1. The summed E-state index contributed by atoms with van der Waals surface area (Å²) in [4.78, 5) is 9.61. The zero-order valence-electron chi connectivity index (χ0n) is 14.6. The van der Waals surface area contributed by atoms with Gasteiger partial charge in [0.1, 0.15) is 5.56 Å². The van der Waals surface area contributed by atoms with Crippen LogP contribution in [0.5, 0.6) is 5.88 Å². The molecule has 0 saturated heterocycles. The smallest absolute Gasteiger partial charge is 0.423 e. The summed E-state index contributed by atoms with van der Waals surface area (Å²) in [5.41, 5.74) is 0.954. The van der Waals surface area contributed by atoms with Gasteiger partial charge in [-0.3, -0.25) is 0 Å². The molecule has 4 nitrogen and oxygen atoms in total. The van der Waals surface area contributed by atoms with Gasteiger partial charge in [0.15, 0.2) is 0 Å². The van der Waals surface area contributed by atoms with Crippen LogP contribution in [0.1, 0.15) is 37.8 Å². The van der Waals surface area contributed by atoms with Gasteiger partial charge in [-0.05, 0) is 24.5 Å². The number of unbranched alkanes of at least 4 members (excludes halogenated alkanes) is 1. The molecule has 0 fully saturated rings. The van der Waals surface area contributed by atoms with Gasteiger partial charge >= 0.3 is 6.18 Å². The van der Waals surface area contributed by atoms with E-state index in [0.717, 1.165) is 30.3 Å². The van der Waals surface area contributed by atoms with Crippen LogP contribution >= 0.6 is 0 Å². The van der Waals surface area contributed by atoms with Crippen LogP contribution in [0.4, 0.5) is 24.8 Å². The van der Waals surface area contributed by atoms with Crippen LogP contribution in [-0.4, -0.2) is 23.6 Å². The lowest BCUT2D eigenvalue weighted by atomic mass is 10.1. The molecule has 0 aliphatic rings. The first-order valence-electron chi connectivity index (χ1n) is 8.27. The molecule has 0 atom stereocenters. The number of halogens is 3. The Hall–Kier alpha value is -2.31. The third-order valence-electron chi connectivity index (χ3n) is 3.82. The summed E-state index contributed by atoms with van der Waals surface area (Å²) in [7, 11) is 1.73. The standard InChI is InChI=1S/C18H22F3N3O/c1-4-6-11-25-16-14(18(19,20)21)12-22-17(23-16)24(3)15-10-8-7-9-13(15)5-2/h7-10,12H,4-6,11H2,1-3H3. The van der Waals surface area contributed by atoms with Crippen LogP contribution in [0, 0.1) is 0 Å². The van der Waals surface area contributed by atoms with Crippen LogP contribution in [0.25, 0.3) is 0 Å². The fourth-order valence-corrected chi connectivity index (χ4v) is 2.38. The van der Waals surface area contributed by atoms with E-state index < -0.39 is 17.6 Å². The zero-order chi connectivity index (χ0) is 18.4. The van der Waals surface area contributed by atoms with Crippen molar-refractivity contribution in [2.45, 2.75) is 39.3 Å². The molecule has 0 saturated carbocycles. The quantitative estimate of drug-likeness (QED) is 0.656. The van der Waals surface area contributed by atoms with E-state index in [2.05, 4.69) is 9.97 Å². The van der Waals surface area contributed by atoms with Crippen molar-refractivity contribution in [2.75, 3.05) is 18.6 Å². The summed E-state index contributed by atoms with van der Waals surface area (Å²) < 4.78 is 44.8. The summed E-state index contributed by atoms with van der Waals surface area (Å²) in [6.45, 7) is 4.14. The molecule has 0 bridgehead atoms. The number of aromatic nitrogens is 2. The average Bonchev–Trinajstić information content (AvgIpc) is 2.60. The van der Waals surface area contributed by atoms with E-state index in [0.29, 0.717) is 6.42 Å². The van der Waals surface area contributed by atoms with E-state index in [-0.39, 0.29) is 12.6 Å². The molecule has 0 aliphatic heterocycles. The van der Waals surface area contributed by atoms with E-state index in [1.807, 2.05) is 38.1 Å². The molecule has 1 aromatic heterocycles. The summed E-state index contributed by atoms with van der Waals surface area (Å²) in [6, 6.07) is 7.64. The highest BCUT2D eigenvalue weighted by atomic mass is 19.4. The minimum Gasteiger partial charge on any atom is -0.477 e. The minimum atomic E-state index is -4.56. The molecule has 0 spiro atoms. The van der Waals surface area contributed by atoms with Crippen LogP contribution in [0.2, 0.25) is 0 Å². The first-order valence-corrected chi connectivity index (χ1v) is 8.27. The monoisotopic (exact) mass is 353 g/mol. The Balaban J connectivity index is 2.39. The van der Waals surface area contributed by atoms with Gasteiger partial charge in [0.2, 0.25) is 11.8 Å². The van der Waals surface area contributed by atoms with Crippen molar-refractivity contribution in [3.8, 4) is 5.88 Å². The van der Waals surface area contributed by atoms with Gasteiger partial charge in [-0.25, -0.2) is 4.98 Å². The van der Waals surface area contributed by atoms with E-state index in [1.165, 1.54) is 0 Å². The highest BCUT2D eigenvalue weighted by molar-refractivity contribution is 5.61. The number of nitrogens with zero attached hydrogens (tertiary/aromatic N) is 3. The van der Waals surface area contributed by atoms with Crippen molar-refractivity contribution in [3.05, 3.63) is 41.6 Å². The Morgan fingerprint density at radius 3 is 2.52 bits per heavy atom. The molecule has 25 heavy (non-hydrogen) atoms. The number of hydrogen-bond acceptors (Lipinski definition) is 4. The first kappa shape index (κ1) is 19.0. The second-order valence-corrected chi connectivity index (χ2v) is 5.63. The zero-order valence-corrected chi connectivity index (χ0v) is 14.6. The van der Waals surface area contributed by atoms with Gasteiger partial charge in [-0.2, -0.15) is 18.2 Å². The van der Waals surface area contributed by atoms with Crippen LogP contribution in [-0.2, 0) is 12.6 Å². The van der Waals surface area contributed by atoms with E-state index >= 15 is 0 Å². The molecule has 0 radical (unpaired) electrons. The van der Waals surface area contributed by atoms with Gasteiger partial charge in [0, 0.05) is 18.9 Å².